The van der Waals surface area contributed by atoms with E-state index in [-0.39, 0.29) is 18.1 Å². The van der Waals surface area contributed by atoms with Crippen molar-refractivity contribution in [3.63, 3.8) is 0 Å². The van der Waals surface area contributed by atoms with Crippen molar-refractivity contribution < 1.29 is 23.1 Å². The van der Waals surface area contributed by atoms with Gasteiger partial charge >= 0.3 is 5.97 Å². The largest absolute Gasteiger partial charge is 0.465 e. The van der Waals surface area contributed by atoms with E-state index in [1.165, 1.54) is 12.1 Å². The van der Waals surface area contributed by atoms with Crippen LogP contribution in [0, 0.1) is 0 Å². The number of nitrogens with one attached hydrogen (secondary N) is 1. The van der Waals surface area contributed by atoms with Crippen LogP contribution in [0.3, 0.4) is 0 Å². The van der Waals surface area contributed by atoms with E-state index >= 15 is 0 Å². The average Bonchev–Trinajstić information content (AvgIpc) is 2.39. The summed E-state index contributed by atoms with van der Waals surface area (Å²) in [5.41, 5.74) is 0.806. The lowest BCUT2D eigenvalue weighted by Gasteiger charge is -2.14. The van der Waals surface area contributed by atoms with Crippen LogP contribution in [-0.4, -0.2) is 45.0 Å². The summed E-state index contributed by atoms with van der Waals surface area (Å²) in [6, 6.07) is 5.53. The van der Waals surface area contributed by atoms with Gasteiger partial charge in [-0.15, -0.1) is 0 Å². The molecule has 0 aliphatic rings. The minimum absolute atomic E-state index is 0.241. The van der Waals surface area contributed by atoms with Gasteiger partial charge in [0, 0.05) is 12.8 Å². The molecule has 2 N–H and O–H groups in total. The van der Waals surface area contributed by atoms with Gasteiger partial charge in [0.1, 0.15) is 6.04 Å². The molecule has 1 atom stereocenters. The Hall–Kier alpha value is -1.44. The predicted molar refractivity (Wildman–Crippen MR) is 73.9 cm³/mol. The van der Waals surface area contributed by atoms with Crippen molar-refractivity contribution >= 4 is 15.8 Å². The minimum atomic E-state index is -3.21. The Labute approximate surface area is 118 Å². The molecule has 0 saturated carbocycles. The fourth-order valence-corrected chi connectivity index (χ4v) is 2.19. The zero-order chi connectivity index (χ0) is 15.2. The van der Waals surface area contributed by atoms with Gasteiger partial charge in [-0.05, 0) is 24.6 Å². The van der Waals surface area contributed by atoms with Gasteiger partial charge < -0.3 is 9.84 Å². The number of carbonyl (C=O) groups excluding carboxylic acids is 1. The molecule has 0 aliphatic heterocycles. The molecule has 0 bridgehead atoms. The smallest absolute Gasteiger partial charge is 0.325 e. The van der Waals surface area contributed by atoms with Gasteiger partial charge in [0.05, 0.1) is 18.1 Å². The van der Waals surface area contributed by atoms with Crippen molar-refractivity contribution in [3.05, 3.63) is 29.8 Å². The molecule has 1 rings (SSSR count). The van der Waals surface area contributed by atoms with Crippen LogP contribution in [0.2, 0.25) is 0 Å². The Morgan fingerprint density at radius 2 is 1.95 bits per heavy atom. The highest BCUT2D eigenvalue weighted by atomic mass is 32.2. The first-order valence-electron chi connectivity index (χ1n) is 6.18. The molecule has 0 unspecified atom stereocenters. The summed E-state index contributed by atoms with van der Waals surface area (Å²) in [7, 11) is -3.21. The maximum absolute atomic E-state index is 11.5. The molecule has 20 heavy (non-hydrogen) atoms. The second kappa shape index (κ2) is 7.37. The molecule has 7 heteroatoms. The van der Waals surface area contributed by atoms with E-state index in [1.54, 1.807) is 19.1 Å². The molecule has 0 amide bonds. The van der Waals surface area contributed by atoms with Crippen molar-refractivity contribution in [1.29, 1.82) is 0 Å². The van der Waals surface area contributed by atoms with E-state index < -0.39 is 21.8 Å². The molecule has 1 aromatic rings. The number of carbonyl (C=O) groups is 1. The number of esters is 1. The van der Waals surface area contributed by atoms with Crippen LogP contribution in [0.1, 0.15) is 12.5 Å². The van der Waals surface area contributed by atoms with Crippen molar-refractivity contribution in [1.82, 2.24) is 5.32 Å². The van der Waals surface area contributed by atoms with E-state index in [1.807, 2.05) is 0 Å². The van der Waals surface area contributed by atoms with Crippen LogP contribution < -0.4 is 5.32 Å². The standard InChI is InChI=1S/C13H19NO5S/c1-3-19-13(16)12(9-15)14-8-10-4-6-11(7-5-10)20(2,17)18/h4-7,12,14-15H,3,8-9H2,1-2H3/t12-/m0/s1. The van der Waals surface area contributed by atoms with Crippen LogP contribution in [-0.2, 0) is 25.9 Å². The summed E-state index contributed by atoms with van der Waals surface area (Å²) < 4.78 is 27.4. The SMILES string of the molecule is CCOC(=O)[C@H](CO)NCc1ccc(S(C)(=O)=O)cc1. The van der Waals surface area contributed by atoms with Crippen LogP contribution >= 0.6 is 0 Å². The minimum Gasteiger partial charge on any atom is -0.465 e. The average molecular weight is 301 g/mol. The number of hydrogen-bond acceptors (Lipinski definition) is 6. The third-order valence-electron chi connectivity index (χ3n) is 2.66. The number of hydrogen-bond donors (Lipinski definition) is 2. The Morgan fingerprint density at radius 1 is 1.35 bits per heavy atom. The summed E-state index contributed by atoms with van der Waals surface area (Å²) in [5, 5.41) is 12.0. The molecule has 0 heterocycles. The van der Waals surface area contributed by atoms with Crippen LogP contribution in [0.5, 0.6) is 0 Å². The normalized spacial score (nSPS) is 12.9. The third kappa shape index (κ3) is 4.92. The lowest BCUT2D eigenvalue weighted by Crippen LogP contribution is -2.40. The Morgan fingerprint density at radius 3 is 2.40 bits per heavy atom. The number of aliphatic hydroxyl groups excluding tert-OH is 1. The Kier molecular flexibility index (Phi) is 6.12. The van der Waals surface area contributed by atoms with Crippen molar-refractivity contribution in [3.8, 4) is 0 Å². The Balaban J connectivity index is 2.63. The summed E-state index contributed by atoms with van der Waals surface area (Å²) in [6.07, 6.45) is 1.14. The first-order valence-corrected chi connectivity index (χ1v) is 8.07. The van der Waals surface area contributed by atoms with Crippen molar-refractivity contribution in [2.24, 2.45) is 0 Å². The molecular weight excluding hydrogens is 282 g/mol. The molecule has 0 aliphatic carbocycles. The molecule has 0 spiro atoms. The topological polar surface area (TPSA) is 92.7 Å². The lowest BCUT2D eigenvalue weighted by atomic mass is 10.2. The van der Waals surface area contributed by atoms with Gasteiger partial charge in [-0.3, -0.25) is 10.1 Å². The third-order valence-corrected chi connectivity index (χ3v) is 3.79. The summed E-state index contributed by atoms with van der Waals surface area (Å²) in [5.74, 6) is -0.511. The van der Waals surface area contributed by atoms with Gasteiger partial charge in [-0.2, -0.15) is 0 Å². The molecule has 0 radical (unpaired) electrons. The molecule has 0 fully saturated rings. The summed E-state index contributed by atoms with van der Waals surface area (Å²) in [6.45, 7) is 1.91. The van der Waals surface area contributed by atoms with Gasteiger partial charge in [0.25, 0.3) is 0 Å². The molecular formula is C13H19NO5S. The highest BCUT2D eigenvalue weighted by molar-refractivity contribution is 7.90. The fraction of sp³-hybridized carbons (Fsp3) is 0.462. The van der Waals surface area contributed by atoms with E-state index in [0.29, 0.717) is 6.54 Å². The summed E-state index contributed by atoms with van der Waals surface area (Å²) >= 11 is 0. The molecule has 6 nitrogen and oxygen atoms in total. The number of benzene rings is 1. The van der Waals surface area contributed by atoms with Gasteiger partial charge in [0.15, 0.2) is 9.84 Å². The lowest BCUT2D eigenvalue weighted by molar-refractivity contribution is -0.146. The first kappa shape index (κ1) is 16.6. The maximum atomic E-state index is 11.5. The number of aliphatic hydroxyl groups is 1. The highest BCUT2D eigenvalue weighted by Gasteiger charge is 2.17. The predicted octanol–water partition coefficient (Wildman–Crippen LogP) is 0.104. The maximum Gasteiger partial charge on any atom is 0.325 e. The van der Waals surface area contributed by atoms with E-state index in [2.05, 4.69) is 5.32 Å². The van der Waals surface area contributed by atoms with Crippen LogP contribution in [0.15, 0.2) is 29.2 Å². The number of ether oxygens (including phenoxy) is 1. The van der Waals surface area contributed by atoms with Crippen LogP contribution in [0.25, 0.3) is 0 Å². The first-order chi connectivity index (χ1) is 9.38. The van der Waals surface area contributed by atoms with Gasteiger partial charge in [0.2, 0.25) is 0 Å². The Bertz CT molecular complexity index is 538. The number of sulfone groups is 1. The molecule has 0 saturated heterocycles. The van der Waals surface area contributed by atoms with E-state index in [9.17, 15) is 13.2 Å². The van der Waals surface area contributed by atoms with Gasteiger partial charge in [-0.25, -0.2) is 8.42 Å². The second-order valence-electron chi connectivity index (χ2n) is 4.28. The fourth-order valence-electron chi connectivity index (χ4n) is 1.56. The van der Waals surface area contributed by atoms with Crippen molar-refractivity contribution in [2.45, 2.75) is 24.4 Å². The summed E-state index contributed by atoms with van der Waals surface area (Å²) in [4.78, 5) is 11.7. The van der Waals surface area contributed by atoms with Gasteiger partial charge in [-0.1, -0.05) is 12.1 Å². The molecule has 1 aromatic carbocycles. The second-order valence-corrected chi connectivity index (χ2v) is 6.30. The number of rotatable bonds is 7. The van der Waals surface area contributed by atoms with Crippen molar-refractivity contribution in [2.75, 3.05) is 19.5 Å². The highest BCUT2D eigenvalue weighted by Crippen LogP contribution is 2.10. The van der Waals surface area contributed by atoms with Crippen LogP contribution in [0.4, 0.5) is 0 Å². The molecule has 0 aromatic heterocycles. The van der Waals surface area contributed by atoms with E-state index in [0.717, 1.165) is 11.8 Å². The van der Waals surface area contributed by atoms with E-state index in [4.69, 9.17) is 9.84 Å². The molecule has 112 valence electrons. The zero-order valence-electron chi connectivity index (χ0n) is 11.5. The zero-order valence-corrected chi connectivity index (χ0v) is 12.3. The quantitative estimate of drug-likeness (QED) is 0.694. The monoisotopic (exact) mass is 301 g/mol.